The van der Waals surface area contributed by atoms with Crippen molar-refractivity contribution in [1.29, 1.82) is 0 Å². The Morgan fingerprint density at radius 2 is 1.84 bits per heavy atom. The van der Waals surface area contributed by atoms with Gasteiger partial charge < -0.3 is 19.4 Å². The first kappa shape index (κ1) is 22.4. The van der Waals surface area contributed by atoms with Crippen LogP contribution in [0.4, 0.5) is 16.0 Å². The van der Waals surface area contributed by atoms with Gasteiger partial charge in [0.25, 0.3) is 0 Å². The summed E-state index contributed by atoms with van der Waals surface area (Å²) in [6.07, 6.45) is 1.41. The molecule has 4 rings (SSSR count). The number of aryl methyl sites for hydroxylation is 1. The normalized spacial score (nSPS) is 17.0. The van der Waals surface area contributed by atoms with E-state index in [9.17, 15) is 4.39 Å². The Bertz CT molecular complexity index is 1100. The summed E-state index contributed by atoms with van der Waals surface area (Å²) in [6, 6.07) is 8.77. The van der Waals surface area contributed by atoms with E-state index in [4.69, 9.17) is 14.0 Å². The minimum absolute atomic E-state index is 0.403. The van der Waals surface area contributed by atoms with Gasteiger partial charge in [-0.05, 0) is 63.0 Å². The zero-order chi connectivity index (χ0) is 23.1. The highest BCUT2D eigenvalue weighted by Crippen LogP contribution is 2.37. The lowest BCUT2D eigenvalue weighted by molar-refractivity contribution is 0.00578. The molecule has 0 bridgehead atoms. The molecule has 0 atom stereocenters. The van der Waals surface area contributed by atoms with Crippen molar-refractivity contribution >= 4 is 24.2 Å². The fourth-order valence-electron chi connectivity index (χ4n) is 3.42. The van der Waals surface area contributed by atoms with Crippen LogP contribution in [0.15, 0.2) is 36.5 Å². The van der Waals surface area contributed by atoms with E-state index in [0.717, 1.165) is 16.7 Å². The molecule has 10 heteroatoms. The number of ether oxygens (including phenoxy) is 1. The highest BCUT2D eigenvalue weighted by atomic mass is 19.1. The summed E-state index contributed by atoms with van der Waals surface area (Å²) in [6.45, 7) is 8.52. The molecule has 8 nitrogen and oxygen atoms in total. The van der Waals surface area contributed by atoms with Crippen LogP contribution in [0.3, 0.4) is 0 Å². The number of halogens is 1. The zero-order valence-corrected chi connectivity index (χ0v) is 19.1. The van der Waals surface area contributed by atoms with E-state index < -0.39 is 24.3 Å². The number of methoxy groups -OCH3 is 1. The fraction of sp³-hybridized carbons (Fsp3) is 0.409. The summed E-state index contributed by atoms with van der Waals surface area (Å²) < 4.78 is 32.6. The molecule has 1 aromatic carbocycles. The van der Waals surface area contributed by atoms with Gasteiger partial charge in [0.1, 0.15) is 0 Å². The highest BCUT2D eigenvalue weighted by Gasteiger charge is 2.52. The van der Waals surface area contributed by atoms with Crippen LogP contribution in [-0.2, 0) is 27.7 Å². The van der Waals surface area contributed by atoms with Gasteiger partial charge in [0, 0.05) is 31.6 Å². The van der Waals surface area contributed by atoms with Gasteiger partial charge in [-0.1, -0.05) is 6.07 Å². The summed E-state index contributed by atoms with van der Waals surface area (Å²) in [5, 5.41) is 7.67. The highest BCUT2D eigenvalue weighted by molar-refractivity contribution is 6.62. The minimum atomic E-state index is -0.546. The van der Waals surface area contributed by atoms with Crippen LogP contribution in [0, 0.1) is 5.95 Å². The lowest BCUT2D eigenvalue weighted by atomic mass is 9.76. The predicted octanol–water partition coefficient (Wildman–Crippen LogP) is 3.21. The number of rotatable bonds is 6. The third-order valence-electron chi connectivity index (χ3n) is 5.95. The molecule has 1 saturated heterocycles. The molecule has 1 N–H and O–H groups in total. The number of hydrogen-bond acceptors (Lipinski definition) is 7. The van der Waals surface area contributed by atoms with Crippen molar-refractivity contribution in [2.45, 2.75) is 45.5 Å². The van der Waals surface area contributed by atoms with E-state index in [2.05, 4.69) is 20.4 Å². The van der Waals surface area contributed by atoms with E-state index in [1.807, 2.05) is 45.9 Å². The SMILES string of the molecule is COCc1cc(Nc2nc(-c3ccc(F)nc3)nn2C)ccc1B1OC(C)(C)C(C)(C)O1. The maximum Gasteiger partial charge on any atom is 0.495 e. The van der Waals surface area contributed by atoms with Crippen molar-refractivity contribution in [2.75, 3.05) is 12.4 Å². The Kier molecular flexibility index (Phi) is 5.78. The predicted molar refractivity (Wildman–Crippen MR) is 120 cm³/mol. The number of aromatic nitrogens is 4. The molecular formula is C22H27BFN5O3. The van der Waals surface area contributed by atoms with Gasteiger partial charge in [-0.3, -0.25) is 0 Å². The molecule has 168 valence electrons. The number of nitrogens with one attached hydrogen (secondary N) is 1. The largest absolute Gasteiger partial charge is 0.495 e. The lowest BCUT2D eigenvalue weighted by Crippen LogP contribution is -2.41. The second-order valence-electron chi connectivity index (χ2n) is 8.81. The molecule has 0 unspecified atom stereocenters. The van der Waals surface area contributed by atoms with Gasteiger partial charge in [0.05, 0.1) is 17.8 Å². The van der Waals surface area contributed by atoms with Gasteiger partial charge in [-0.2, -0.15) is 9.37 Å². The number of hydrogen-bond donors (Lipinski definition) is 1. The maximum atomic E-state index is 13.1. The molecular weight excluding hydrogens is 412 g/mol. The Morgan fingerprint density at radius 1 is 1.12 bits per heavy atom. The average molecular weight is 439 g/mol. The van der Waals surface area contributed by atoms with Crippen molar-refractivity contribution in [3.63, 3.8) is 0 Å². The van der Waals surface area contributed by atoms with Crippen LogP contribution in [0.1, 0.15) is 33.3 Å². The summed E-state index contributed by atoms with van der Waals surface area (Å²) >= 11 is 0. The Labute approximate surface area is 187 Å². The second-order valence-corrected chi connectivity index (χ2v) is 8.81. The van der Waals surface area contributed by atoms with Crippen molar-refractivity contribution in [2.24, 2.45) is 7.05 Å². The maximum absolute atomic E-state index is 13.1. The van der Waals surface area contributed by atoms with E-state index in [-0.39, 0.29) is 0 Å². The van der Waals surface area contributed by atoms with Crippen molar-refractivity contribution in [1.82, 2.24) is 19.7 Å². The van der Waals surface area contributed by atoms with Crippen molar-refractivity contribution < 1.29 is 18.4 Å². The second kappa shape index (κ2) is 8.27. The number of pyridine rings is 1. The van der Waals surface area contributed by atoms with Crippen LogP contribution in [0.5, 0.6) is 0 Å². The zero-order valence-electron chi connectivity index (χ0n) is 19.1. The Balaban J connectivity index is 1.59. The third kappa shape index (κ3) is 4.26. The summed E-state index contributed by atoms with van der Waals surface area (Å²) in [4.78, 5) is 8.18. The molecule has 1 fully saturated rings. The lowest BCUT2D eigenvalue weighted by Gasteiger charge is -2.32. The molecule has 0 aliphatic carbocycles. The molecule has 1 aliphatic heterocycles. The van der Waals surface area contributed by atoms with E-state index in [1.54, 1.807) is 24.9 Å². The smallest absolute Gasteiger partial charge is 0.399 e. The molecule has 0 amide bonds. The van der Waals surface area contributed by atoms with Crippen LogP contribution >= 0.6 is 0 Å². The van der Waals surface area contributed by atoms with Crippen LogP contribution < -0.4 is 10.8 Å². The molecule has 0 saturated carbocycles. The van der Waals surface area contributed by atoms with Crippen molar-refractivity contribution in [3.05, 3.63) is 48.0 Å². The van der Waals surface area contributed by atoms with Crippen LogP contribution in [0.2, 0.25) is 0 Å². The quantitative estimate of drug-likeness (QED) is 0.467. The van der Waals surface area contributed by atoms with Gasteiger partial charge in [-0.15, -0.1) is 5.10 Å². The van der Waals surface area contributed by atoms with Gasteiger partial charge in [0.2, 0.25) is 11.9 Å². The minimum Gasteiger partial charge on any atom is -0.399 e. The van der Waals surface area contributed by atoms with E-state index in [1.165, 1.54) is 12.3 Å². The molecule has 0 radical (unpaired) electrons. The van der Waals surface area contributed by atoms with Gasteiger partial charge in [-0.25, -0.2) is 9.67 Å². The first-order valence-corrected chi connectivity index (χ1v) is 10.4. The van der Waals surface area contributed by atoms with E-state index in [0.29, 0.717) is 23.9 Å². The van der Waals surface area contributed by atoms with Gasteiger partial charge in [0.15, 0.2) is 5.82 Å². The summed E-state index contributed by atoms with van der Waals surface area (Å²) in [5.41, 5.74) is 2.46. The molecule has 1 aliphatic rings. The standard InChI is InChI=1S/C22H27BFN5O3/c1-21(2)22(3,4)32-23(31-21)17-9-8-16(11-15(17)13-30-6)26-20-27-19(28-29(20)5)14-7-10-18(24)25-12-14/h7-12H,13H2,1-6H3,(H,26,27,28). The first-order chi connectivity index (χ1) is 15.1. The van der Waals surface area contributed by atoms with Crippen molar-refractivity contribution in [3.8, 4) is 11.4 Å². The topological polar surface area (TPSA) is 83.3 Å². The third-order valence-corrected chi connectivity index (χ3v) is 5.95. The summed E-state index contributed by atoms with van der Waals surface area (Å²) in [7, 11) is 2.95. The van der Waals surface area contributed by atoms with Gasteiger partial charge >= 0.3 is 7.12 Å². The molecule has 3 heterocycles. The molecule has 3 aromatic rings. The Hall–Kier alpha value is -2.82. The Morgan fingerprint density at radius 3 is 2.47 bits per heavy atom. The fourth-order valence-corrected chi connectivity index (χ4v) is 3.42. The molecule has 32 heavy (non-hydrogen) atoms. The average Bonchev–Trinajstić information content (AvgIpc) is 3.18. The summed E-state index contributed by atoms with van der Waals surface area (Å²) in [5.74, 6) is 0.445. The van der Waals surface area contributed by atoms with Crippen LogP contribution in [0.25, 0.3) is 11.4 Å². The van der Waals surface area contributed by atoms with E-state index >= 15 is 0 Å². The number of anilines is 2. The monoisotopic (exact) mass is 439 g/mol. The van der Waals surface area contributed by atoms with Crippen LogP contribution in [-0.4, -0.2) is 45.2 Å². The molecule has 2 aromatic heterocycles. The number of nitrogens with zero attached hydrogens (tertiary/aromatic N) is 4. The number of benzene rings is 1. The first-order valence-electron chi connectivity index (χ1n) is 10.4. The molecule has 0 spiro atoms.